The molecule has 3 aliphatic heterocycles. The first kappa shape index (κ1) is 26.8. The van der Waals surface area contributed by atoms with E-state index in [9.17, 15) is 18.0 Å². The third-order valence-electron chi connectivity index (χ3n) is 7.42. The van der Waals surface area contributed by atoms with Gasteiger partial charge in [-0.2, -0.15) is 13.2 Å². The first-order chi connectivity index (χ1) is 17.5. The number of benzene rings is 2. The Kier molecular flexibility index (Phi) is 7.96. The Hall–Kier alpha value is -3.27. The van der Waals surface area contributed by atoms with Gasteiger partial charge in [-0.3, -0.25) is 4.90 Å². The number of amides is 2. The molecule has 2 aromatic carbocycles. The van der Waals surface area contributed by atoms with Crippen molar-refractivity contribution in [2.45, 2.75) is 64.5 Å². The highest BCUT2D eigenvalue weighted by molar-refractivity contribution is 5.90. The summed E-state index contributed by atoms with van der Waals surface area (Å²) in [5.41, 5.74) is 5.79. The minimum Gasteiger partial charge on any atom is -0.475 e. The van der Waals surface area contributed by atoms with Gasteiger partial charge < -0.3 is 20.2 Å². The molecule has 2 N–H and O–H groups in total. The normalized spacial score (nSPS) is 21.4. The number of nitrogens with zero attached hydrogens (tertiary/aromatic N) is 3. The molecule has 37 heavy (non-hydrogen) atoms. The van der Waals surface area contributed by atoms with Crippen LogP contribution in [0.3, 0.4) is 0 Å². The zero-order valence-electron chi connectivity index (χ0n) is 21.1. The van der Waals surface area contributed by atoms with E-state index >= 15 is 0 Å². The number of anilines is 2. The number of carboxylic acid groups (broad SMARTS) is 1. The summed E-state index contributed by atoms with van der Waals surface area (Å²) in [6.45, 7) is 9.31. The highest BCUT2D eigenvalue weighted by atomic mass is 19.4. The van der Waals surface area contributed by atoms with Gasteiger partial charge in [-0.1, -0.05) is 24.3 Å². The molecule has 2 aromatic rings. The maximum atomic E-state index is 12.8. The number of likely N-dealkylation sites (tertiary alicyclic amines) is 1. The summed E-state index contributed by atoms with van der Waals surface area (Å²) in [6.07, 6.45) is -1.16. The van der Waals surface area contributed by atoms with Gasteiger partial charge >= 0.3 is 18.2 Å². The highest BCUT2D eigenvalue weighted by Gasteiger charge is 2.38. The summed E-state index contributed by atoms with van der Waals surface area (Å²) in [6, 6.07) is 16.1. The molecular weight excluding hydrogens is 485 g/mol. The quantitative estimate of drug-likeness (QED) is 0.581. The van der Waals surface area contributed by atoms with Gasteiger partial charge in [0.2, 0.25) is 0 Å². The average molecular weight is 519 g/mol. The van der Waals surface area contributed by atoms with Crippen LogP contribution in [0, 0.1) is 6.92 Å². The van der Waals surface area contributed by atoms with Crippen LogP contribution >= 0.6 is 0 Å². The predicted molar refractivity (Wildman–Crippen MR) is 136 cm³/mol. The Morgan fingerprint density at radius 2 is 1.68 bits per heavy atom. The van der Waals surface area contributed by atoms with Crippen molar-refractivity contribution in [2.75, 3.05) is 29.9 Å². The minimum absolute atomic E-state index is 0.0219. The van der Waals surface area contributed by atoms with Gasteiger partial charge in [0.1, 0.15) is 0 Å². The van der Waals surface area contributed by atoms with E-state index in [1.54, 1.807) is 0 Å². The number of fused-ring (bicyclic) bond motifs is 1. The van der Waals surface area contributed by atoms with E-state index in [1.807, 2.05) is 17.0 Å². The van der Waals surface area contributed by atoms with Crippen LogP contribution in [-0.2, 0) is 17.9 Å². The second kappa shape index (κ2) is 11.0. The lowest BCUT2D eigenvalue weighted by Gasteiger charge is -2.28. The fourth-order valence-corrected chi connectivity index (χ4v) is 5.40. The Labute approximate surface area is 214 Å². The topological polar surface area (TPSA) is 76.1 Å². The molecule has 2 atom stereocenters. The number of hydrogen-bond acceptors (Lipinski definition) is 4. The van der Waals surface area contributed by atoms with Crippen molar-refractivity contribution in [3.63, 3.8) is 0 Å². The summed E-state index contributed by atoms with van der Waals surface area (Å²) in [4.78, 5) is 28.8. The van der Waals surface area contributed by atoms with Crippen LogP contribution in [0.4, 0.5) is 29.3 Å². The van der Waals surface area contributed by atoms with Crippen molar-refractivity contribution in [3.8, 4) is 0 Å². The van der Waals surface area contributed by atoms with Crippen molar-refractivity contribution >= 4 is 23.4 Å². The van der Waals surface area contributed by atoms with E-state index in [2.05, 4.69) is 59.3 Å². The van der Waals surface area contributed by atoms with Crippen LogP contribution in [0.15, 0.2) is 42.5 Å². The van der Waals surface area contributed by atoms with E-state index in [4.69, 9.17) is 9.90 Å². The summed E-state index contributed by atoms with van der Waals surface area (Å²) in [7, 11) is 0. The number of carbonyl (C=O) groups excluding carboxylic acids is 1. The van der Waals surface area contributed by atoms with Gasteiger partial charge in [0.25, 0.3) is 0 Å². The number of rotatable bonds is 3. The summed E-state index contributed by atoms with van der Waals surface area (Å²) in [5, 5.41) is 10.2. The molecule has 0 bridgehead atoms. The van der Waals surface area contributed by atoms with E-state index < -0.39 is 12.1 Å². The zero-order chi connectivity index (χ0) is 26.7. The molecule has 10 heteroatoms. The van der Waals surface area contributed by atoms with Gasteiger partial charge in [0.15, 0.2) is 0 Å². The van der Waals surface area contributed by atoms with Crippen molar-refractivity contribution < 1.29 is 27.9 Å². The van der Waals surface area contributed by atoms with Crippen molar-refractivity contribution in [1.82, 2.24) is 9.80 Å². The minimum atomic E-state index is -5.08. The zero-order valence-corrected chi connectivity index (χ0v) is 21.1. The number of aryl methyl sites for hydroxylation is 1. The molecule has 2 amide bonds. The number of carbonyl (C=O) groups is 2. The second-order valence-electron chi connectivity index (χ2n) is 9.97. The van der Waals surface area contributed by atoms with E-state index in [0.717, 1.165) is 30.4 Å². The smallest absolute Gasteiger partial charge is 0.475 e. The molecule has 3 heterocycles. The number of hydrogen-bond donors (Lipinski definition) is 2. The number of urea groups is 1. The predicted octanol–water partition coefficient (Wildman–Crippen LogP) is 5.24. The molecule has 2 unspecified atom stereocenters. The van der Waals surface area contributed by atoms with Gasteiger partial charge in [-0.05, 0) is 74.5 Å². The summed E-state index contributed by atoms with van der Waals surface area (Å²) >= 11 is 0. The van der Waals surface area contributed by atoms with Gasteiger partial charge in [-0.15, -0.1) is 0 Å². The summed E-state index contributed by atoms with van der Waals surface area (Å²) < 4.78 is 31.7. The maximum absolute atomic E-state index is 12.8. The first-order valence-electron chi connectivity index (χ1n) is 12.6. The van der Waals surface area contributed by atoms with Gasteiger partial charge in [0, 0.05) is 49.6 Å². The van der Waals surface area contributed by atoms with Crippen molar-refractivity contribution in [1.29, 1.82) is 0 Å². The highest BCUT2D eigenvalue weighted by Crippen LogP contribution is 2.30. The monoisotopic (exact) mass is 518 g/mol. The lowest BCUT2D eigenvalue weighted by molar-refractivity contribution is -0.192. The fraction of sp³-hybridized carbons (Fsp3) is 0.481. The van der Waals surface area contributed by atoms with E-state index in [-0.39, 0.29) is 6.03 Å². The molecular formula is C27H33F3N4O3. The van der Waals surface area contributed by atoms with Crippen LogP contribution in [0.5, 0.6) is 0 Å². The lowest BCUT2D eigenvalue weighted by atomic mass is 10.1. The fourth-order valence-electron chi connectivity index (χ4n) is 5.40. The van der Waals surface area contributed by atoms with Crippen LogP contribution in [0.2, 0.25) is 0 Å². The molecule has 0 aromatic heterocycles. The molecule has 7 nitrogen and oxygen atoms in total. The van der Waals surface area contributed by atoms with E-state index in [1.165, 1.54) is 42.6 Å². The number of nitrogens with one attached hydrogen (secondary N) is 1. The summed E-state index contributed by atoms with van der Waals surface area (Å²) in [5.74, 6) is -2.76. The standard InChI is InChI=1S/C25H32N4O.C2HF3O2/c1-18-14-22(27-13-11-23(17-27)29-12-5-6-19(29)2)9-10-24(18)26-25(30)28-15-20-7-3-4-8-21(20)16-28;3-2(4,5)1(6)7/h3-4,7-10,14,19,23H,5-6,11-13,15-17H2,1-2H3,(H,26,30);(H,6,7). The van der Waals surface area contributed by atoms with E-state index in [0.29, 0.717) is 19.1 Å². The van der Waals surface area contributed by atoms with Gasteiger partial charge in [-0.25, -0.2) is 9.59 Å². The van der Waals surface area contributed by atoms with Crippen LogP contribution in [0.25, 0.3) is 0 Å². The number of alkyl halides is 3. The maximum Gasteiger partial charge on any atom is 0.490 e. The molecule has 3 aliphatic rings. The molecule has 0 spiro atoms. The molecule has 0 radical (unpaired) electrons. The first-order valence-corrected chi connectivity index (χ1v) is 12.6. The third-order valence-corrected chi connectivity index (χ3v) is 7.42. The molecule has 2 saturated heterocycles. The largest absolute Gasteiger partial charge is 0.490 e. The van der Waals surface area contributed by atoms with Crippen molar-refractivity contribution in [2.24, 2.45) is 0 Å². The number of halogens is 3. The third kappa shape index (κ3) is 6.36. The Bertz CT molecular complexity index is 1120. The van der Waals surface area contributed by atoms with Crippen LogP contribution < -0.4 is 10.2 Å². The van der Waals surface area contributed by atoms with Crippen LogP contribution in [0.1, 0.15) is 42.9 Å². The molecule has 0 aliphatic carbocycles. The molecule has 0 saturated carbocycles. The number of aliphatic carboxylic acids is 1. The average Bonchev–Trinajstić information content (AvgIpc) is 3.59. The molecule has 5 rings (SSSR count). The Balaban J connectivity index is 0.000000405. The number of carboxylic acids is 1. The van der Waals surface area contributed by atoms with Gasteiger partial charge in [0.05, 0.1) is 0 Å². The van der Waals surface area contributed by atoms with Crippen molar-refractivity contribution in [3.05, 3.63) is 59.2 Å². The lowest BCUT2D eigenvalue weighted by Crippen LogP contribution is -2.39. The molecule has 200 valence electrons. The SMILES string of the molecule is Cc1cc(N2CCC(N3CCCC3C)C2)ccc1NC(=O)N1Cc2ccccc2C1.O=C(O)C(F)(F)F. The Morgan fingerprint density at radius 3 is 2.22 bits per heavy atom. The Morgan fingerprint density at radius 1 is 1.03 bits per heavy atom. The molecule has 2 fully saturated rings. The van der Waals surface area contributed by atoms with Crippen LogP contribution in [-0.4, -0.2) is 64.8 Å². The second-order valence-corrected chi connectivity index (χ2v) is 9.97.